The van der Waals surface area contributed by atoms with Crippen LogP contribution in [0.15, 0.2) is 18.2 Å². The molecule has 1 aromatic rings. The molecule has 2 aliphatic rings. The van der Waals surface area contributed by atoms with Crippen molar-refractivity contribution in [2.45, 2.75) is 31.6 Å². The van der Waals surface area contributed by atoms with Gasteiger partial charge >= 0.3 is 6.18 Å². The number of halogens is 3. The molecule has 0 N–H and O–H groups in total. The SMILES string of the molecule is CN1C(=O)C2CCCN2Cc2cc(C(F)(F)F)ccc21. The molecule has 1 aromatic carbocycles. The van der Waals surface area contributed by atoms with Crippen LogP contribution in [0.25, 0.3) is 0 Å². The third kappa shape index (κ3) is 2.08. The van der Waals surface area contributed by atoms with Gasteiger partial charge in [-0.1, -0.05) is 0 Å². The highest BCUT2D eigenvalue weighted by atomic mass is 19.4. The summed E-state index contributed by atoms with van der Waals surface area (Å²) in [6, 6.07) is 3.42. The molecule has 0 aromatic heterocycles. The molecule has 1 atom stereocenters. The second-order valence-corrected chi connectivity index (χ2v) is 5.37. The Balaban J connectivity index is 2.06. The number of benzene rings is 1. The van der Waals surface area contributed by atoms with Crippen LogP contribution in [0.2, 0.25) is 0 Å². The Hall–Kier alpha value is -1.56. The Labute approximate surface area is 115 Å². The first-order chi connectivity index (χ1) is 9.38. The van der Waals surface area contributed by atoms with Gasteiger partial charge in [-0.25, -0.2) is 0 Å². The number of rotatable bonds is 0. The normalized spacial score (nSPS) is 23.5. The lowest BCUT2D eigenvalue weighted by atomic mass is 10.1. The highest BCUT2D eigenvalue weighted by Gasteiger charge is 2.38. The van der Waals surface area contributed by atoms with Crippen LogP contribution in [0.1, 0.15) is 24.0 Å². The molecule has 0 radical (unpaired) electrons. The Morgan fingerprint density at radius 1 is 1.30 bits per heavy atom. The van der Waals surface area contributed by atoms with E-state index >= 15 is 0 Å². The van der Waals surface area contributed by atoms with Crippen molar-refractivity contribution in [2.24, 2.45) is 0 Å². The van der Waals surface area contributed by atoms with Crippen molar-refractivity contribution >= 4 is 11.6 Å². The topological polar surface area (TPSA) is 23.6 Å². The van der Waals surface area contributed by atoms with Gasteiger partial charge in [-0.2, -0.15) is 13.2 Å². The maximum Gasteiger partial charge on any atom is 0.416 e. The zero-order valence-corrected chi connectivity index (χ0v) is 11.1. The zero-order valence-electron chi connectivity index (χ0n) is 11.1. The minimum Gasteiger partial charge on any atom is -0.314 e. The summed E-state index contributed by atoms with van der Waals surface area (Å²) in [5, 5.41) is 0. The first-order valence-corrected chi connectivity index (χ1v) is 6.59. The molecule has 0 bridgehead atoms. The first-order valence-electron chi connectivity index (χ1n) is 6.59. The van der Waals surface area contributed by atoms with E-state index in [2.05, 4.69) is 0 Å². The van der Waals surface area contributed by atoms with E-state index in [0.29, 0.717) is 17.8 Å². The summed E-state index contributed by atoms with van der Waals surface area (Å²) < 4.78 is 38.4. The van der Waals surface area contributed by atoms with Gasteiger partial charge in [0.05, 0.1) is 11.6 Å². The van der Waals surface area contributed by atoms with Crippen molar-refractivity contribution in [3.8, 4) is 0 Å². The number of nitrogens with zero attached hydrogens (tertiary/aromatic N) is 2. The third-order valence-electron chi connectivity index (χ3n) is 4.12. The van der Waals surface area contributed by atoms with Crippen molar-refractivity contribution < 1.29 is 18.0 Å². The molecule has 1 unspecified atom stereocenters. The minimum atomic E-state index is -4.35. The molecule has 0 saturated carbocycles. The lowest BCUT2D eigenvalue weighted by molar-refractivity contribution is -0.137. The highest BCUT2D eigenvalue weighted by Crippen LogP contribution is 2.36. The van der Waals surface area contributed by atoms with Gasteiger partial charge in [-0.05, 0) is 43.1 Å². The fourth-order valence-corrected chi connectivity index (χ4v) is 3.07. The number of alkyl halides is 3. The largest absolute Gasteiger partial charge is 0.416 e. The van der Waals surface area contributed by atoms with E-state index < -0.39 is 11.7 Å². The molecule has 1 saturated heterocycles. The lowest BCUT2D eigenvalue weighted by Gasteiger charge is -2.22. The average molecular weight is 284 g/mol. The highest BCUT2D eigenvalue weighted by molar-refractivity contribution is 5.98. The summed E-state index contributed by atoms with van der Waals surface area (Å²) in [5.41, 5.74) is 0.493. The summed E-state index contributed by atoms with van der Waals surface area (Å²) in [4.78, 5) is 15.8. The summed E-state index contributed by atoms with van der Waals surface area (Å²) in [6.45, 7) is 1.17. The van der Waals surface area contributed by atoms with Gasteiger partial charge in [-0.3, -0.25) is 9.69 Å². The summed E-state index contributed by atoms with van der Waals surface area (Å²) in [7, 11) is 1.64. The Kier molecular flexibility index (Phi) is 3.01. The van der Waals surface area contributed by atoms with Crippen LogP contribution in [0.4, 0.5) is 18.9 Å². The molecular formula is C14H15F3N2O. The first kappa shape index (κ1) is 13.4. The van der Waals surface area contributed by atoms with E-state index in [9.17, 15) is 18.0 Å². The summed E-state index contributed by atoms with van der Waals surface area (Å²) >= 11 is 0. The number of hydrogen-bond donors (Lipinski definition) is 0. The maximum atomic E-state index is 12.8. The zero-order chi connectivity index (χ0) is 14.5. The van der Waals surface area contributed by atoms with Gasteiger partial charge in [0.25, 0.3) is 0 Å². The van der Waals surface area contributed by atoms with Crippen molar-refractivity contribution in [1.82, 2.24) is 4.90 Å². The van der Waals surface area contributed by atoms with Crippen molar-refractivity contribution in [1.29, 1.82) is 0 Å². The van der Waals surface area contributed by atoms with E-state index in [1.165, 1.54) is 17.0 Å². The molecule has 20 heavy (non-hydrogen) atoms. The number of carbonyl (C=O) groups excluding carboxylic acids is 1. The van der Waals surface area contributed by atoms with Crippen LogP contribution in [-0.4, -0.2) is 30.4 Å². The minimum absolute atomic E-state index is 0.0268. The second kappa shape index (κ2) is 4.48. The number of anilines is 1. The molecule has 3 nitrogen and oxygen atoms in total. The standard InChI is InChI=1S/C14H15F3N2O/c1-18-11-5-4-10(14(15,16)17)7-9(11)8-19-6-2-3-12(19)13(18)20/h4-5,7,12H,2-3,6,8H2,1H3. The quantitative estimate of drug-likeness (QED) is 0.731. The number of carbonyl (C=O) groups is 1. The van der Waals surface area contributed by atoms with Gasteiger partial charge in [0.15, 0.2) is 0 Å². The van der Waals surface area contributed by atoms with E-state index in [-0.39, 0.29) is 11.9 Å². The van der Waals surface area contributed by atoms with E-state index in [1.807, 2.05) is 4.90 Å². The Morgan fingerprint density at radius 3 is 2.75 bits per heavy atom. The van der Waals surface area contributed by atoms with Crippen LogP contribution in [0.3, 0.4) is 0 Å². The molecular weight excluding hydrogens is 269 g/mol. The molecule has 2 aliphatic heterocycles. The van der Waals surface area contributed by atoms with Crippen molar-refractivity contribution in [2.75, 3.05) is 18.5 Å². The number of likely N-dealkylation sites (N-methyl/N-ethyl adjacent to an activating group) is 1. The molecule has 1 amide bonds. The molecule has 2 heterocycles. The van der Waals surface area contributed by atoms with Crippen LogP contribution >= 0.6 is 0 Å². The monoisotopic (exact) mass is 284 g/mol. The molecule has 108 valence electrons. The van der Waals surface area contributed by atoms with Gasteiger partial charge in [0.2, 0.25) is 5.91 Å². The molecule has 6 heteroatoms. The lowest BCUT2D eigenvalue weighted by Crippen LogP contribution is -2.41. The third-order valence-corrected chi connectivity index (χ3v) is 4.12. The van der Waals surface area contributed by atoms with Gasteiger partial charge in [0, 0.05) is 19.3 Å². The fraction of sp³-hybridized carbons (Fsp3) is 0.500. The predicted octanol–water partition coefficient (Wildman–Crippen LogP) is 2.65. The van der Waals surface area contributed by atoms with E-state index in [1.54, 1.807) is 7.05 Å². The van der Waals surface area contributed by atoms with Crippen LogP contribution < -0.4 is 4.90 Å². The van der Waals surface area contributed by atoms with Gasteiger partial charge in [0.1, 0.15) is 0 Å². The fourth-order valence-electron chi connectivity index (χ4n) is 3.07. The maximum absolute atomic E-state index is 12.8. The smallest absolute Gasteiger partial charge is 0.314 e. The van der Waals surface area contributed by atoms with Gasteiger partial charge in [-0.15, -0.1) is 0 Å². The Morgan fingerprint density at radius 2 is 2.05 bits per heavy atom. The molecule has 3 rings (SSSR count). The molecule has 0 spiro atoms. The van der Waals surface area contributed by atoms with Crippen molar-refractivity contribution in [3.05, 3.63) is 29.3 Å². The number of amides is 1. The second-order valence-electron chi connectivity index (χ2n) is 5.37. The Bertz CT molecular complexity index is 556. The van der Waals surface area contributed by atoms with Gasteiger partial charge < -0.3 is 4.90 Å². The van der Waals surface area contributed by atoms with Crippen LogP contribution in [-0.2, 0) is 17.5 Å². The number of hydrogen-bond acceptors (Lipinski definition) is 2. The molecule has 0 aliphatic carbocycles. The predicted molar refractivity (Wildman–Crippen MR) is 68.3 cm³/mol. The van der Waals surface area contributed by atoms with Crippen molar-refractivity contribution in [3.63, 3.8) is 0 Å². The van der Waals surface area contributed by atoms with E-state index in [0.717, 1.165) is 25.5 Å². The number of fused-ring (bicyclic) bond motifs is 2. The van der Waals surface area contributed by atoms with E-state index in [4.69, 9.17) is 0 Å². The molecule has 1 fully saturated rings. The summed E-state index contributed by atoms with van der Waals surface area (Å²) in [5.74, 6) is -0.0268. The average Bonchev–Trinajstić information content (AvgIpc) is 2.80. The van der Waals surface area contributed by atoms with Crippen LogP contribution in [0.5, 0.6) is 0 Å². The van der Waals surface area contributed by atoms with Crippen LogP contribution in [0, 0.1) is 0 Å². The summed E-state index contributed by atoms with van der Waals surface area (Å²) in [6.07, 6.45) is -2.66.